The first kappa shape index (κ1) is 14.0. The van der Waals surface area contributed by atoms with Crippen LogP contribution in [-0.4, -0.2) is 31.8 Å². The highest BCUT2D eigenvalue weighted by atomic mass is 16.6. The third kappa shape index (κ3) is 4.04. The molecule has 2 rings (SSSR count). The molecule has 1 saturated heterocycles. The molecule has 2 atom stereocenters. The molecular formula is C15H21NO3. The Labute approximate surface area is 113 Å². The lowest BCUT2D eigenvalue weighted by molar-refractivity contribution is -0.150. The van der Waals surface area contributed by atoms with E-state index in [1.54, 1.807) is 0 Å². The van der Waals surface area contributed by atoms with E-state index in [1.807, 2.05) is 30.3 Å². The number of esters is 1. The first-order chi connectivity index (χ1) is 9.31. The smallest absolute Gasteiger partial charge is 0.314 e. The number of hydrogen-bond acceptors (Lipinski definition) is 4. The van der Waals surface area contributed by atoms with E-state index in [4.69, 9.17) is 15.2 Å². The van der Waals surface area contributed by atoms with E-state index in [2.05, 4.69) is 0 Å². The van der Waals surface area contributed by atoms with Crippen LogP contribution < -0.4 is 5.73 Å². The average molecular weight is 263 g/mol. The Bertz CT molecular complexity index is 388. The Morgan fingerprint density at radius 3 is 2.79 bits per heavy atom. The van der Waals surface area contributed by atoms with E-state index in [1.165, 1.54) is 0 Å². The number of hydrogen-bond donors (Lipinski definition) is 1. The molecule has 0 bridgehead atoms. The molecule has 1 aromatic rings. The standard InChI is InChI=1S/C15H21NO3/c16-10-14(12-6-2-1-3-7-12)15(17)19-11-13-8-4-5-9-18-13/h1-3,6-7,13-14H,4-5,8-11,16H2. The van der Waals surface area contributed by atoms with Crippen LogP contribution in [0.25, 0.3) is 0 Å². The van der Waals surface area contributed by atoms with Crippen LogP contribution >= 0.6 is 0 Å². The number of benzene rings is 1. The summed E-state index contributed by atoms with van der Waals surface area (Å²) in [6.07, 6.45) is 3.25. The van der Waals surface area contributed by atoms with Gasteiger partial charge in [0, 0.05) is 13.2 Å². The highest BCUT2D eigenvalue weighted by molar-refractivity contribution is 5.78. The largest absolute Gasteiger partial charge is 0.462 e. The fraction of sp³-hybridized carbons (Fsp3) is 0.533. The van der Waals surface area contributed by atoms with Crippen molar-refractivity contribution in [1.29, 1.82) is 0 Å². The van der Waals surface area contributed by atoms with Crippen LogP contribution in [0.5, 0.6) is 0 Å². The first-order valence-corrected chi connectivity index (χ1v) is 6.84. The van der Waals surface area contributed by atoms with Crippen molar-refractivity contribution < 1.29 is 14.3 Å². The second-order valence-electron chi connectivity index (χ2n) is 4.82. The monoisotopic (exact) mass is 263 g/mol. The third-order valence-corrected chi connectivity index (χ3v) is 3.41. The van der Waals surface area contributed by atoms with Crippen LogP contribution in [0.1, 0.15) is 30.7 Å². The van der Waals surface area contributed by atoms with E-state index in [0.717, 1.165) is 31.4 Å². The molecule has 0 aliphatic carbocycles. The molecule has 1 fully saturated rings. The Balaban J connectivity index is 1.86. The van der Waals surface area contributed by atoms with E-state index in [0.29, 0.717) is 6.61 Å². The maximum absolute atomic E-state index is 12.1. The summed E-state index contributed by atoms with van der Waals surface area (Å²) in [5, 5.41) is 0. The summed E-state index contributed by atoms with van der Waals surface area (Å²) < 4.78 is 10.9. The Hall–Kier alpha value is -1.39. The SMILES string of the molecule is NCC(C(=O)OCC1CCCCO1)c1ccccc1. The Morgan fingerprint density at radius 2 is 2.16 bits per heavy atom. The van der Waals surface area contributed by atoms with Gasteiger partial charge in [0.25, 0.3) is 0 Å². The molecule has 19 heavy (non-hydrogen) atoms. The van der Waals surface area contributed by atoms with Gasteiger partial charge in [0.1, 0.15) is 6.61 Å². The molecule has 4 nitrogen and oxygen atoms in total. The lowest BCUT2D eigenvalue weighted by atomic mass is 10.00. The maximum Gasteiger partial charge on any atom is 0.314 e. The van der Waals surface area contributed by atoms with E-state index in [-0.39, 0.29) is 24.5 Å². The van der Waals surface area contributed by atoms with Crippen molar-refractivity contribution in [3.8, 4) is 0 Å². The molecule has 0 radical (unpaired) electrons. The van der Waals surface area contributed by atoms with Gasteiger partial charge in [-0.2, -0.15) is 0 Å². The topological polar surface area (TPSA) is 61.6 Å². The molecule has 4 heteroatoms. The fourth-order valence-electron chi connectivity index (χ4n) is 2.27. The van der Waals surface area contributed by atoms with E-state index in [9.17, 15) is 4.79 Å². The quantitative estimate of drug-likeness (QED) is 0.823. The molecule has 104 valence electrons. The third-order valence-electron chi connectivity index (χ3n) is 3.41. The second kappa shape index (κ2) is 7.26. The zero-order valence-corrected chi connectivity index (χ0v) is 11.1. The van der Waals surface area contributed by atoms with Crippen molar-refractivity contribution in [3.63, 3.8) is 0 Å². The normalized spacial score (nSPS) is 20.8. The Kier molecular flexibility index (Phi) is 5.36. The van der Waals surface area contributed by atoms with Crippen molar-refractivity contribution in [3.05, 3.63) is 35.9 Å². The van der Waals surface area contributed by atoms with Crippen molar-refractivity contribution >= 4 is 5.97 Å². The van der Waals surface area contributed by atoms with Gasteiger partial charge >= 0.3 is 5.97 Å². The number of carbonyl (C=O) groups is 1. The Morgan fingerprint density at radius 1 is 1.37 bits per heavy atom. The van der Waals surface area contributed by atoms with Crippen molar-refractivity contribution in [2.45, 2.75) is 31.3 Å². The molecule has 1 aliphatic rings. The lowest BCUT2D eigenvalue weighted by Gasteiger charge is -2.23. The zero-order chi connectivity index (χ0) is 13.5. The minimum Gasteiger partial charge on any atom is -0.462 e. The highest BCUT2D eigenvalue weighted by Gasteiger charge is 2.22. The number of rotatable bonds is 5. The summed E-state index contributed by atoms with van der Waals surface area (Å²) in [6, 6.07) is 9.51. The summed E-state index contributed by atoms with van der Waals surface area (Å²) in [7, 11) is 0. The van der Waals surface area contributed by atoms with Gasteiger partial charge in [-0.05, 0) is 24.8 Å². The number of ether oxygens (including phenoxy) is 2. The van der Waals surface area contributed by atoms with Crippen LogP contribution in [0.3, 0.4) is 0 Å². The molecular weight excluding hydrogens is 242 g/mol. The molecule has 0 amide bonds. The zero-order valence-electron chi connectivity index (χ0n) is 11.1. The fourth-order valence-corrected chi connectivity index (χ4v) is 2.27. The van der Waals surface area contributed by atoms with Crippen molar-refractivity contribution in [1.82, 2.24) is 0 Å². The molecule has 0 spiro atoms. The van der Waals surface area contributed by atoms with Gasteiger partial charge in [0.05, 0.1) is 12.0 Å². The minimum absolute atomic E-state index is 0.0481. The van der Waals surface area contributed by atoms with Gasteiger partial charge in [-0.3, -0.25) is 4.79 Å². The second-order valence-corrected chi connectivity index (χ2v) is 4.82. The number of carbonyl (C=O) groups excluding carboxylic acids is 1. The van der Waals surface area contributed by atoms with Crippen LogP contribution in [0.4, 0.5) is 0 Å². The molecule has 2 unspecified atom stereocenters. The van der Waals surface area contributed by atoms with E-state index < -0.39 is 0 Å². The molecule has 2 N–H and O–H groups in total. The van der Waals surface area contributed by atoms with Crippen LogP contribution in [0.2, 0.25) is 0 Å². The van der Waals surface area contributed by atoms with Gasteiger partial charge in [-0.1, -0.05) is 30.3 Å². The predicted octanol–water partition coefficient (Wildman–Crippen LogP) is 1.84. The summed E-state index contributed by atoms with van der Waals surface area (Å²) in [5.74, 6) is -0.646. The van der Waals surface area contributed by atoms with Gasteiger partial charge in [-0.15, -0.1) is 0 Å². The lowest BCUT2D eigenvalue weighted by Crippen LogP contribution is -2.29. The van der Waals surface area contributed by atoms with Gasteiger partial charge in [0.15, 0.2) is 0 Å². The minimum atomic E-state index is -0.384. The van der Waals surface area contributed by atoms with E-state index >= 15 is 0 Å². The molecule has 1 heterocycles. The number of nitrogens with two attached hydrogens (primary N) is 1. The van der Waals surface area contributed by atoms with Crippen molar-refractivity contribution in [2.24, 2.45) is 5.73 Å². The summed E-state index contributed by atoms with van der Waals surface area (Å²) in [5.41, 5.74) is 6.58. The highest BCUT2D eigenvalue weighted by Crippen LogP contribution is 2.18. The predicted molar refractivity (Wildman–Crippen MR) is 72.8 cm³/mol. The summed E-state index contributed by atoms with van der Waals surface area (Å²) in [6.45, 7) is 1.36. The molecule has 1 aromatic carbocycles. The molecule has 0 aromatic heterocycles. The summed E-state index contributed by atoms with van der Waals surface area (Å²) >= 11 is 0. The van der Waals surface area contributed by atoms with Gasteiger partial charge in [-0.25, -0.2) is 0 Å². The summed E-state index contributed by atoms with van der Waals surface area (Å²) in [4.78, 5) is 12.1. The molecule has 1 aliphatic heterocycles. The van der Waals surface area contributed by atoms with Crippen LogP contribution in [0.15, 0.2) is 30.3 Å². The van der Waals surface area contributed by atoms with Crippen molar-refractivity contribution in [2.75, 3.05) is 19.8 Å². The molecule has 0 saturated carbocycles. The van der Waals surface area contributed by atoms with Gasteiger partial charge in [0.2, 0.25) is 0 Å². The van der Waals surface area contributed by atoms with Gasteiger partial charge < -0.3 is 15.2 Å². The first-order valence-electron chi connectivity index (χ1n) is 6.84. The average Bonchev–Trinajstić information content (AvgIpc) is 2.48. The van der Waals surface area contributed by atoms with Crippen LogP contribution in [0, 0.1) is 0 Å². The van der Waals surface area contributed by atoms with Crippen LogP contribution in [-0.2, 0) is 14.3 Å². The maximum atomic E-state index is 12.1.